The van der Waals surface area contributed by atoms with E-state index in [-0.39, 0.29) is 5.92 Å². The van der Waals surface area contributed by atoms with Gasteiger partial charge >= 0.3 is 0 Å². The van der Waals surface area contributed by atoms with Gasteiger partial charge in [0.05, 0.1) is 0 Å². The average molecular weight is 137 g/mol. The summed E-state index contributed by atoms with van der Waals surface area (Å²) >= 11 is 0. The summed E-state index contributed by atoms with van der Waals surface area (Å²) in [5.74, 6) is 0.118. The van der Waals surface area contributed by atoms with Gasteiger partial charge in [0, 0.05) is 24.9 Å². The van der Waals surface area contributed by atoms with E-state index in [1.165, 1.54) is 0 Å². The normalized spacial score (nSPS) is 12.9. The van der Waals surface area contributed by atoms with Crippen LogP contribution in [0, 0.1) is 5.92 Å². The molecular weight excluding hydrogens is 126 g/mol. The molecule has 1 aromatic heterocycles. The molecule has 0 fully saturated rings. The molecule has 0 spiro atoms. The molecule has 0 radical (unpaired) electrons. The third-order valence-electron chi connectivity index (χ3n) is 1.40. The third kappa shape index (κ3) is 1.72. The summed E-state index contributed by atoms with van der Waals surface area (Å²) in [6, 6.07) is 3.91. The molecule has 0 bridgehead atoms. The molecule has 54 valence electrons. The Labute approximate surface area is 60.5 Å². The first-order valence-electron chi connectivity index (χ1n) is 3.39. The van der Waals surface area contributed by atoms with E-state index in [0.29, 0.717) is 0 Å². The molecule has 1 aromatic rings. The zero-order valence-corrected chi connectivity index (χ0v) is 6.03. The molecule has 2 nitrogen and oxygen atoms in total. The van der Waals surface area contributed by atoms with E-state index in [4.69, 9.17) is 0 Å². The van der Waals surface area contributed by atoms with Crippen LogP contribution in [0.1, 0.15) is 6.92 Å². The van der Waals surface area contributed by atoms with Crippen molar-refractivity contribution in [1.82, 2.24) is 4.57 Å². The van der Waals surface area contributed by atoms with E-state index in [0.717, 1.165) is 12.8 Å². The highest BCUT2D eigenvalue weighted by Crippen LogP contribution is 1.97. The number of aldehydes is 1. The smallest absolute Gasteiger partial charge is 0.124 e. The van der Waals surface area contributed by atoms with Crippen molar-refractivity contribution in [1.29, 1.82) is 0 Å². The van der Waals surface area contributed by atoms with Crippen LogP contribution in [0.25, 0.3) is 0 Å². The Balaban J connectivity index is 2.47. The Hall–Kier alpha value is -1.05. The molecule has 0 aliphatic heterocycles. The van der Waals surface area contributed by atoms with Gasteiger partial charge in [0.1, 0.15) is 6.29 Å². The van der Waals surface area contributed by atoms with Crippen molar-refractivity contribution in [3.05, 3.63) is 24.5 Å². The molecule has 10 heavy (non-hydrogen) atoms. The summed E-state index contributed by atoms with van der Waals surface area (Å²) in [5, 5.41) is 0. The van der Waals surface area contributed by atoms with E-state index >= 15 is 0 Å². The van der Waals surface area contributed by atoms with E-state index < -0.39 is 0 Å². The molecular formula is C8H11NO. The van der Waals surface area contributed by atoms with Crippen LogP contribution in [0.3, 0.4) is 0 Å². The van der Waals surface area contributed by atoms with Crippen LogP contribution in [0.15, 0.2) is 24.5 Å². The van der Waals surface area contributed by atoms with Crippen LogP contribution in [-0.4, -0.2) is 10.9 Å². The summed E-state index contributed by atoms with van der Waals surface area (Å²) in [5.41, 5.74) is 0. The maximum Gasteiger partial charge on any atom is 0.124 e. The first-order chi connectivity index (χ1) is 4.83. The molecule has 0 saturated heterocycles. The van der Waals surface area contributed by atoms with Crippen LogP contribution >= 0.6 is 0 Å². The van der Waals surface area contributed by atoms with Crippen molar-refractivity contribution in [3.8, 4) is 0 Å². The van der Waals surface area contributed by atoms with Gasteiger partial charge in [-0.1, -0.05) is 6.92 Å². The number of nitrogens with zero attached hydrogens (tertiary/aromatic N) is 1. The average Bonchev–Trinajstić information content (AvgIpc) is 2.40. The van der Waals surface area contributed by atoms with Gasteiger partial charge in [0.15, 0.2) is 0 Å². The van der Waals surface area contributed by atoms with Gasteiger partial charge in [-0.2, -0.15) is 0 Å². The fraction of sp³-hybridized carbons (Fsp3) is 0.375. The van der Waals surface area contributed by atoms with Gasteiger partial charge in [-0.3, -0.25) is 0 Å². The van der Waals surface area contributed by atoms with Crippen molar-refractivity contribution in [2.24, 2.45) is 5.92 Å². The standard InChI is InChI=1S/C8H11NO/c1-8(7-10)6-9-4-2-3-5-9/h2-5,7-8H,6H2,1H3. The summed E-state index contributed by atoms with van der Waals surface area (Å²) in [6.07, 6.45) is 4.89. The highest BCUT2D eigenvalue weighted by atomic mass is 16.1. The summed E-state index contributed by atoms with van der Waals surface area (Å²) in [7, 11) is 0. The van der Waals surface area contributed by atoms with Gasteiger partial charge in [-0.25, -0.2) is 0 Å². The SMILES string of the molecule is CC(C=O)Cn1cccc1. The Morgan fingerprint density at radius 1 is 1.50 bits per heavy atom. The van der Waals surface area contributed by atoms with Crippen molar-refractivity contribution in [2.45, 2.75) is 13.5 Å². The highest BCUT2D eigenvalue weighted by molar-refractivity contribution is 5.52. The number of carbonyl (C=O) groups is 1. The maximum atomic E-state index is 10.2. The lowest BCUT2D eigenvalue weighted by Crippen LogP contribution is -2.05. The van der Waals surface area contributed by atoms with Gasteiger partial charge < -0.3 is 9.36 Å². The minimum atomic E-state index is 0.118. The predicted octanol–water partition coefficient (Wildman–Crippen LogP) is 1.32. The number of hydrogen-bond donors (Lipinski definition) is 0. The van der Waals surface area contributed by atoms with Crippen molar-refractivity contribution in [3.63, 3.8) is 0 Å². The summed E-state index contributed by atoms with van der Waals surface area (Å²) in [4.78, 5) is 10.2. The van der Waals surface area contributed by atoms with Crippen molar-refractivity contribution < 1.29 is 4.79 Å². The monoisotopic (exact) mass is 137 g/mol. The fourth-order valence-electron chi connectivity index (χ4n) is 0.867. The molecule has 1 rings (SSSR count). The molecule has 0 aliphatic rings. The third-order valence-corrected chi connectivity index (χ3v) is 1.40. The summed E-state index contributed by atoms with van der Waals surface area (Å²) < 4.78 is 2.00. The van der Waals surface area contributed by atoms with Crippen LogP contribution in [0.5, 0.6) is 0 Å². The quantitative estimate of drug-likeness (QED) is 0.576. The largest absolute Gasteiger partial charge is 0.354 e. The van der Waals surface area contributed by atoms with E-state index in [9.17, 15) is 4.79 Å². The van der Waals surface area contributed by atoms with Crippen LogP contribution in [0.4, 0.5) is 0 Å². The molecule has 1 heterocycles. The van der Waals surface area contributed by atoms with Gasteiger partial charge in [0.2, 0.25) is 0 Å². The molecule has 1 atom stereocenters. The van der Waals surface area contributed by atoms with Crippen molar-refractivity contribution in [2.75, 3.05) is 0 Å². The van der Waals surface area contributed by atoms with Gasteiger partial charge in [-0.15, -0.1) is 0 Å². The van der Waals surface area contributed by atoms with E-state index in [1.807, 2.05) is 36.0 Å². The Morgan fingerprint density at radius 3 is 2.60 bits per heavy atom. The molecule has 0 amide bonds. The zero-order chi connectivity index (χ0) is 7.40. The fourth-order valence-corrected chi connectivity index (χ4v) is 0.867. The Kier molecular flexibility index (Phi) is 2.26. The van der Waals surface area contributed by atoms with Crippen LogP contribution < -0.4 is 0 Å². The second kappa shape index (κ2) is 3.20. The van der Waals surface area contributed by atoms with E-state index in [2.05, 4.69) is 0 Å². The lowest BCUT2D eigenvalue weighted by Gasteiger charge is -2.03. The second-order valence-corrected chi connectivity index (χ2v) is 2.49. The topological polar surface area (TPSA) is 22.0 Å². The van der Waals surface area contributed by atoms with Crippen LogP contribution in [-0.2, 0) is 11.3 Å². The minimum absolute atomic E-state index is 0.118. The zero-order valence-electron chi connectivity index (χ0n) is 6.03. The summed E-state index contributed by atoms with van der Waals surface area (Å²) in [6.45, 7) is 2.70. The van der Waals surface area contributed by atoms with Crippen molar-refractivity contribution >= 4 is 6.29 Å². The molecule has 0 N–H and O–H groups in total. The molecule has 0 aromatic carbocycles. The van der Waals surface area contributed by atoms with Gasteiger partial charge in [0.25, 0.3) is 0 Å². The number of carbonyl (C=O) groups excluding carboxylic acids is 1. The molecule has 0 saturated carbocycles. The highest BCUT2D eigenvalue weighted by Gasteiger charge is 1.97. The molecule has 0 aliphatic carbocycles. The number of aromatic nitrogens is 1. The van der Waals surface area contributed by atoms with Crippen LogP contribution in [0.2, 0.25) is 0 Å². The number of rotatable bonds is 3. The lowest BCUT2D eigenvalue weighted by atomic mass is 10.2. The second-order valence-electron chi connectivity index (χ2n) is 2.49. The maximum absolute atomic E-state index is 10.2. The first kappa shape index (κ1) is 7.06. The Bertz CT molecular complexity index is 191. The van der Waals surface area contributed by atoms with Gasteiger partial charge in [-0.05, 0) is 12.1 Å². The first-order valence-corrected chi connectivity index (χ1v) is 3.39. The minimum Gasteiger partial charge on any atom is -0.354 e. The Morgan fingerprint density at radius 2 is 2.10 bits per heavy atom. The predicted molar refractivity (Wildman–Crippen MR) is 39.7 cm³/mol. The van der Waals surface area contributed by atoms with E-state index in [1.54, 1.807) is 0 Å². The lowest BCUT2D eigenvalue weighted by molar-refractivity contribution is -0.110. The molecule has 2 heteroatoms. The molecule has 1 unspecified atom stereocenters. The number of hydrogen-bond acceptors (Lipinski definition) is 1.